The van der Waals surface area contributed by atoms with Gasteiger partial charge < -0.3 is 14.8 Å². The molecule has 3 heterocycles. The second-order valence-corrected chi connectivity index (χ2v) is 9.34. The maximum atomic E-state index is 13.5. The zero-order valence-electron chi connectivity index (χ0n) is 18.4. The molecule has 2 atom stereocenters. The van der Waals surface area contributed by atoms with Crippen LogP contribution in [0.4, 0.5) is 0 Å². The number of nitrogens with zero attached hydrogens (tertiary/aromatic N) is 2. The minimum absolute atomic E-state index is 0.0308. The van der Waals surface area contributed by atoms with E-state index in [0.717, 1.165) is 34.1 Å². The van der Waals surface area contributed by atoms with E-state index in [4.69, 9.17) is 0 Å². The summed E-state index contributed by atoms with van der Waals surface area (Å²) in [4.78, 5) is 34.2. The number of hydrogen-bond donors (Lipinski definition) is 1. The topological polar surface area (TPSA) is 56.4 Å². The highest BCUT2D eigenvalue weighted by molar-refractivity contribution is 5.97. The first-order chi connectivity index (χ1) is 14.9. The molecule has 160 valence electrons. The molecule has 0 saturated carbocycles. The van der Waals surface area contributed by atoms with Gasteiger partial charge in [0.15, 0.2) is 0 Å². The lowest BCUT2D eigenvalue weighted by molar-refractivity contribution is -0.158. The highest BCUT2D eigenvalue weighted by Gasteiger charge is 2.48. The van der Waals surface area contributed by atoms with Crippen molar-refractivity contribution in [3.05, 3.63) is 70.9 Å². The number of carbonyl (C=O) groups excluding carboxylic acids is 2. The van der Waals surface area contributed by atoms with Gasteiger partial charge in [0.05, 0.1) is 12.6 Å². The average molecular weight is 416 g/mol. The molecule has 1 aromatic heterocycles. The molecule has 0 radical (unpaired) electrons. The first-order valence-electron chi connectivity index (χ1n) is 11.2. The summed E-state index contributed by atoms with van der Waals surface area (Å²) in [5.41, 5.74) is 5.47. The number of rotatable bonds is 4. The summed E-state index contributed by atoms with van der Waals surface area (Å²) in [6.07, 6.45) is 1.47. The standard InChI is InChI=1S/C26H29N3O2/c1-16(2)12-13-28-15-23(30)29-22(26(28)31)14-20-19-6-4-5-7-21(19)27-24(20)25(29)18-10-8-17(3)9-11-18/h4-11,16,22,25,27H,12-15H2,1-3H3/t22-,25+/m0/s1. The molecular weight excluding hydrogens is 386 g/mol. The third-order valence-electron chi connectivity index (χ3n) is 6.71. The number of amides is 2. The monoisotopic (exact) mass is 415 g/mol. The lowest BCUT2D eigenvalue weighted by Crippen LogP contribution is -2.63. The minimum atomic E-state index is -0.452. The summed E-state index contributed by atoms with van der Waals surface area (Å²) >= 11 is 0. The molecule has 1 saturated heterocycles. The molecule has 5 heteroatoms. The highest BCUT2D eigenvalue weighted by Crippen LogP contribution is 2.42. The predicted octanol–water partition coefficient (Wildman–Crippen LogP) is 4.21. The number of piperazine rings is 1. The van der Waals surface area contributed by atoms with Crippen molar-refractivity contribution in [2.45, 2.75) is 45.7 Å². The van der Waals surface area contributed by atoms with Crippen molar-refractivity contribution >= 4 is 22.7 Å². The third kappa shape index (κ3) is 3.32. The summed E-state index contributed by atoms with van der Waals surface area (Å²) in [5.74, 6) is 0.601. The van der Waals surface area contributed by atoms with E-state index in [2.05, 4.69) is 62.2 Å². The first-order valence-corrected chi connectivity index (χ1v) is 11.2. The number of fused-ring (bicyclic) bond motifs is 4. The van der Waals surface area contributed by atoms with Gasteiger partial charge in [-0.25, -0.2) is 0 Å². The van der Waals surface area contributed by atoms with Gasteiger partial charge in [-0.3, -0.25) is 9.59 Å². The molecule has 2 aliphatic heterocycles. The van der Waals surface area contributed by atoms with E-state index in [1.807, 2.05) is 17.0 Å². The number of aromatic nitrogens is 1. The molecule has 3 aromatic rings. The molecular formula is C26H29N3O2. The number of hydrogen-bond acceptors (Lipinski definition) is 2. The van der Waals surface area contributed by atoms with Crippen LogP contribution in [0.25, 0.3) is 10.9 Å². The van der Waals surface area contributed by atoms with Crippen LogP contribution in [0.5, 0.6) is 0 Å². The Bertz CT molecular complexity index is 1150. The zero-order valence-corrected chi connectivity index (χ0v) is 18.4. The van der Waals surface area contributed by atoms with Crippen LogP contribution in [-0.4, -0.2) is 45.7 Å². The molecule has 2 aliphatic rings. The molecule has 1 N–H and O–H groups in total. The van der Waals surface area contributed by atoms with Crippen molar-refractivity contribution in [3.63, 3.8) is 0 Å². The van der Waals surface area contributed by atoms with E-state index in [9.17, 15) is 9.59 Å². The second-order valence-electron chi connectivity index (χ2n) is 9.34. The van der Waals surface area contributed by atoms with Gasteiger partial charge in [-0.2, -0.15) is 0 Å². The van der Waals surface area contributed by atoms with Gasteiger partial charge in [0.25, 0.3) is 0 Å². The van der Waals surface area contributed by atoms with E-state index in [1.54, 1.807) is 4.90 Å². The van der Waals surface area contributed by atoms with Crippen molar-refractivity contribution in [2.75, 3.05) is 13.1 Å². The fourth-order valence-corrected chi connectivity index (χ4v) is 5.02. The Kier molecular flexibility index (Phi) is 4.84. The third-order valence-corrected chi connectivity index (χ3v) is 6.71. The van der Waals surface area contributed by atoms with E-state index in [1.165, 1.54) is 5.56 Å². The van der Waals surface area contributed by atoms with Gasteiger partial charge in [-0.15, -0.1) is 0 Å². The lowest BCUT2D eigenvalue weighted by atomic mass is 9.86. The van der Waals surface area contributed by atoms with Crippen LogP contribution < -0.4 is 0 Å². The molecule has 0 spiro atoms. The molecule has 1 fully saturated rings. The molecule has 5 rings (SSSR count). The van der Waals surface area contributed by atoms with E-state index in [-0.39, 0.29) is 24.4 Å². The van der Waals surface area contributed by atoms with Crippen molar-refractivity contribution in [1.82, 2.24) is 14.8 Å². The van der Waals surface area contributed by atoms with Gasteiger partial charge >= 0.3 is 0 Å². The summed E-state index contributed by atoms with van der Waals surface area (Å²) in [7, 11) is 0. The SMILES string of the molecule is Cc1ccc([C@@H]2c3[nH]c4ccccc4c3C[C@H]3C(=O)N(CCC(C)C)CC(=O)N23)cc1. The first kappa shape index (κ1) is 19.9. The number of nitrogens with one attached hydrogen (secondary N) is 1. The van der Waals surface area contributed by atoms with Gasteiger partial charge in [0, 0.05) is 29.6 Å². The number of aromatic amines is 1. The summed E-state index contributed by atoms with van der Waals surface area (Å²) in [5, 5.41) is 1.15. The van der Waals surface area contributed by atoms with Crippen LogP contribution in [0.2, 0.25) is 0 Å². The van der Waals surface area contributed by atoms with Crippen molar-refractivity contribution < 1.29 is 9.59 Å². The molecule has 2 aromatic carbocycles. The van der Waals surface area contributed by atoms with Crippen LogP contribution in [0.1, 0.15) is 48.7 Å². The summed E-state index contributed by atoms with van der Waals surface area (Å²) < 4.78 is 0. The van der Waals surface area contributed by atoms with Crippen LogP contribution in [0.15, 0.2) is 48.5 Å². The number of benzene rings is 2. The molecule has 5 nitrogen and oxygen atoms in total. The normalized spacial score (nSPS) is 21.0. The minimum Gasteiger partial charge on any atom is -0.356 e. The van der Waals surface area contributed by atoms with E-state index < -0.39 is 6.04 Å². The maximum absolute atomic E-state index is 13.5. The number of para-hydroxylation sites is 1. The fourth-order valence-electron chi connectivity index (χ4n) is 5.02. The average Bonchev–Trinajstić information content (AvgIpc) is 3.13. The number of H-pyrrole nitrogens is 1. The number of carbonyl (C=O) groups is 2. The van der Waals surface area contributed by atoms with Crippen molar-refractivity contribution in [2.24, 2.45) is 5.92 Å². The van der Waals surface area contributed by atoms with Gasteiger partial charge in [0.1, 0.15) is 6.04 Å². The van der Waals surface area contributed by atoms with Crippen molar-refractivity contribution in [1.29, 1.82) is 0 Å². The maximum Gasteiger partial charge on any atom is 0.246 e. The quantitative estimate of drug-likeness (QED) is 0.694. The number of aryl methyl sites for hydroxylation is 1. The van der Waals surface area contributed by atoms with E-state index in [0.29, 0.717) is 18.9 Å². The van der Waals surface area contributed by atoms with Crippen molar-refractivity contribution in [3.8, 4) is 0 Å². The summed E-state index contributed by atoms with van der Waals surface area (Å²) in [6.45, 7) is 7.16. The van der Waals surface area contributed by atoms with Gasteiger partial charge in [0.2, 0.25) is 11.8 Å². The lowest BCUT2D eigenvalue weighted by Gasteiger charge is -2.47. The Morgan fingerprint density at radius 3 is 2.55 bits per heavy atom. The molecule has 2 amide bonds. The van der Waals surface area contributed by atoms with Crippen LogP contribution in [-0.2, 0) is 16.0 Å². The van der Waals surface area contributed by atoms with Crippen LogP contribution in [0, 0.1) is 12.8 Å². The summed E-state index contributed by atoms with van der Waals surface area (Å²) in [6, 6.07) is 15.8. The van der Waals surface area contributed by atoms with Gasteiger partial charge in [-0.1, -0.05) is 61.9 Å². The Balaban J connectivity index is 1.63. The van der Waals surface area contributed by atoms with E-state index >= 15 is 0 Å². The zero-order chi connectivity index (χ0) is 21.7. The molecule has 0 bridgehead atoms. The van der Waals surface area contributed by atoms with Crippen LogP contribution >= 0.6 is 0 Å². The molecule has 0 unspecified atom stereocenters. The molecule has 31 heavy (non-hydrogen) atoms. The molecule has 0 aliphatic carbocycles. The predicted molar refractivity (Wildman–Crippen MR) is 122 cm³/mol. The Morgan fingerprint density at radius 1 is 1.06 bits per heavy atom. The second kappa shape index (κ2) is 7.56. The van der Waals surface area contributed by atoms with Gasteiger partial charge in [-0.05, 0) is 36.5 Å². The largest absolute Gasteiger partial charge is 0.356 e. The Morgan fingerprint density at radius 2 is 1.81 bits per heavy atom. The van der Waals surface area contributed by atoms with Crippen LogP contribution in [0.3, 0.4) is 0 Å². The fraction of sp³-hybridized carbons (Fsp3) is 0.385. The smallest absolute Gasteiger partial charge is 0.246 e. The highest BCUT2D eigenvalue weighted by atomic mass is 16.2. The Hall–Kier alpha value is -3.08. The Labute approximate surface area is 183 Å².